The average molecular weight is 446 g/mol. The van der Waals surface area contributed by atoms with Crippen molar-refractivity contribution in [3.63, 3.8) is 0 Å². The molecule has 0 unspecified atom stereocenters. The van der Waals surface area contributed by atoms with Gasteiger partial charge < -0.3 is 19.9 Å². The Bertz CT molecular complexity index is 1000. The average Bonchev–Trinajstić information content (AvgIpc) is 2.73. The number of carbonyl (C=O) groups is 1. The summed E-state index contributed by atoms with van der Waals surface area (Å²) >= 11 is 12.4. The third-order valence-corrected chi connectivity index (χ3v) is 4.83. The Kier molecular flexibility index (Phi) is 7.44. The number of hydrogen-bond acceptors (Lipinski definition) is 4. The molecule has 156 valence electrons. The smallest absolute Gasteiger partial charge is 0.335 e. The Balaban J connectivity index is 1.71. The van der Waals surface area contributed by atoms with E-state index in [9.17, 15) is 4.79 Å². The van der Waals surface area contributed by atoms with Crippen molar-refractivity contribution in [3.8, 4) is 11.5 Å². The van der Waals surface area contributed by atoms with Crippen molar-refractivity contribution in [1.29, 1.82) is 0 Å². The third-order valence-electron chi connectivity index (χ3n) is 4.29. The van der Waals surface area contributed by atoms with Gasteiger partial charge >= 0.3 is 5.97 Å². The minimum Gasteiger partial charge on any atom is -0.490 e. The summed E-state index contributed by atoms with van der Waals surface area (Å²) in [6.45, 7) is 3.20. The van der Waals surface area contributed by atoms with E-state index in [-0.39, 0.29) is 5.56 Å². The fourth-order valence-corrected chi connectivity index (χ4v) is 3.21. The van der Waals surface area contributed by atoms with E-state index in [0.29, 0.717) is 41.3 Å². The highest BCUT2D eigenvalue weighted by Crippen LogP contribution is 2.37. The van der Waals surface area contributed by atoms with Crippen LogP contribution in [0.15, 0.2) is 60.7 Å². The van der Waals surface area contributed by atoms with E-state index in [1.165, 1.54) is 0 Å². The Labute approximate surface area is 185 Å². The molecule has 2 N–H and O–H groups in total. The van der Waals surface area contributed by atoms with Crippen molar-refractivity contribution in [2.45, 2.75) is 20.1 Å². The molecule has 3 aromatic rings. The van der Waals surface area contributed by atoms with E-state index in [1.807, 2.05) is 43.3 Å². The Morgan fingerprint density at radius 2 is 1.67 bits per heavy atom. The van der Waals surface area contributed by atoms with Crippen molar-refractivity contribution < 1.29 is 19.4 Å². The molecule has 0 aromatic heterocycles. The van der Waals surface area contributed by atoms with Gasteiger partial charge in [-0.25, -0.2) is 4.79 Å². The summed E-state index contributed by atoms with van der Waals surface area (Å²) < 4.78 is 11.7. The quantitative estimate of drug-likeness (QED) is 0.405. The predicted molar refractivity (Wildman–Crippen MR) is 119 cm³/mol. The van der Waals surface area contributed by atoms with E-state index < -0.39 is 5.97 Å². The maximum absolute atomic E-state index is 11.0. The second kappa shape index (κ2) is 10.2. The van der Waals surface area contributed by atoms with Crippen molar-refractivity contribution in [2.75, 3.05) is 11.9 Å². The predicted octanol–water partition coefficient (Wildman–Crippen LogP) is 6.28. The number of rotatable bonds is 9. The van der Waals surface area contributed by atoms with Gasteiger partial charge in [0.05, 0.1) is 17.2 Å². The molecule has 0 bridgehead atoms. The lowest BCUT2D eigenvalue weighted by atomic mass is 10.1. The van der Waals surface area contributed by atoms with Crippen molar-refractivity contribution in [2.24, 2.45) is 0 Å². The molecule has 0 aliphatic carbocycles. The fraction of sp³-hybridized carbons (Fsp3) is 0.174. The molecular formula is C23H21Cl2NO4. The van der Waals surface area contributed by atoms with Crippen LogP contribution in [-0.2, 0) is 13.2 Å². The summed E-state index contributed by atoms with van der Waals surface area (Å²) in [4.78, 5) is 11.0. The standard InChI is InChI=1S/C23H21Cl2NO4/c1-2-29-21-12-16(13-26-19-9-5-17(6-10-19)23(27)28)11-20(25)22(21)30-14-15-3-7-18(24)8-4-15/h3-12,26H,2,13-14H2,1H3,(H,27,28). The summed E-state index contributed by atoms with van der Waals surface area (Å²) in [5.74, 6) is 0.101. The normalized spacial score (nSPS) is 10.5. The first-order valence-corrected chi connectivity index (χ1v) is 10.1. The second-order valence-electron chi connectivity index (χ2n) is 6.49. The number of carboxylic acids is 1. The lowest BCUT2D eigenvalue weighted by Gasteiger charge is -2.16. The van der Waals surface area contributed by atoms with Crippen molar-refractivity contribution in [1.82, 2.24) is 0 Å². The number of benzene rings is 3. The number of hydrogen-bond donors (Lipinski definition) is 2. The van der Waals surface area contributed by atoms with Crippen LogP contribution < -0.4 is 14.8 Å². The van der Waals surface area contributed by atoms with Gasteiger partial charge in [-0.1, -0.05) is 35.3 Å². The zero-order valence-electron chi connectivity index (χ0n) is 16.3. The van der Waals surface area contributed by atoms with Gasteiger partial charge in [0, 0.05) is 17.3 Å². The van der Waals surface area contributed by atoms with E-state index in [1.54, 1.807) is 24.3 Å². The van der Waals surface area contributed by atoms with E-state index in [4.69, 9.17) is 37.8 Å². The molecule has 3 rings (SSSR count). The van der Waals surface area contributed by atoms with E-state index >= 15 is 0 Å². The van der Waals surface area contributed by atoms with Gasteiger partial charge in [0.2, 0.25) is 0 Å². The number of aromatic carboxylic acids is 1. The Morgan fingerprint density at radius 1 is 0.967 bits per heavy atom. The maximum Gasteiger partial charge on any atom is 0.335 e. The van der Waals surface area contributed by atoms with Crippen LogP contribution in [0.1, 0.15) is 28.4 Å². The zero-order valence-corrected chi connectivity index (χ0v) is 17.8. The van der Waals surface area contributed by atoms with Gasteiger partial charge in [-0.2, -0.15) is 0 Å². The maximum atomic E-state index is 11.0. The molecule has 0 saturated carbocycles. The lowest BCUT2D eigenvalue weighted by Crippen LogP contribution is -2.04. The van der Waals surface area contributed by atoms with Gasteiger partial charge in [0.25, 0.3) is 0 Å². The van der Waals surface area contributed by atoms with Crippen LogP contribution in [0.3, 0.4) is 0 Å². The first-order valence-electron chi connectivity index (χ1n) is 9.36. The molecule has 0 fully saturated rings. The first kappa shape index (κ1) is 21.8. The van der Waals surface area contributed by atoms with Gasteiger partial charge in [-0.15, -0.1) is 0 Å². The largest absolute Gasteiger partial charge is 0.490 e. The SMILES string of the molecule is CCOc1cc(CNc2ccc(C(=O)O)cc2)cc(Cl)c1OCc1ccc(Cl)cc1. The first-order chi connectivity index (χ1) is 14.5. The van der Waals surface area contributed by atoms with Crippen LogP contribution in [0.2, 0.25) is 10.0 Å². The van der Waals surface area contributed by atoms with Crippen molar-refractivity contribution in [3.05, 3.63) is 87.4 Å². The monoisotopic (exact) mass is 445 g/mol. The number of halogens is 2. The highest BCUT2D eigenvalue weighted by atomic mass is 35.5. The van der Waals surface area contributed by atoms with Gasteiger partial charge in [-0.05, 0) is 66.6 Å². The topological polar surface area (TPSA) is 67.8 Å². The molecule has 0 amide bonds. The number of ether oxygens (including phenoxy) is 2. The molecule has 30 heavy (non-hydrogen) atoms. The highest BCUT2D eigenvalue weighted by Gasteiger charge is 2.13. The molecule has 0 spiro atoms. The molecule has 5 nitrogen and oxygen atoms in total. The number of nitrogens with one attached hydrogen (secondary N) is 1. The molecule has 0 aliphatic heterocycles. The summed E-state index contributed by atoms with van der Waals surface area (Å²) in [7, 11) is 0. The fourth-order valence-electron chi connectivity index (χ4n) is 2.80. The minimum absolute atomic E-state index is 0.240. The lowest BCUT2D eigenvalue weighted by molar-refractivity contribution is 0.0697. The van der Waals surface area contributed by atoms with E-state index in [2.05, 4.69) is 5.32 Å². The molecule has 0 aliphatic rings. The molecule has 7 heteroatoms. The van der Waals surface area contributed by atoms with Crippen LogP contribution in [0, 0.1) is 0 Å². The summed E-state index contributed by atoms with van der Waals surface area (Å²) in [6.07, 6.45) is 0. The molecule has 0 saturated heterocycles. The Hall–Kier alpha value is -2.89. The minimum atomic E-state index is -0.955. The summed E-state index contributed by atoms with van der Waals surface area (Å²) in [5.41, 5.74) is 2.92. The number of carboxylic acid groups (broad SMARTS) is 1. The van der Waals surface area contributed by atoms with Gasteiger partial charge in [0.15, 0.2) is 11.5 Å². The van der Waals surface area contributed by atoms with Crippen LogP contribution >= 0.6 is 23.2 Å². The van der Waals surface area contributed by atoms with Crippen LogP contribution in [0.25, 0.3) is 0 Å². The van der Waals surface area contributed by atoms with Crippen LogP contribution in [0.5, 0.6) is 11.5 Å². The molecule has 0 radical (unpaired) electrons. The van der Waals surface area contributed by atoms with Gasteiger partial charge in [0.1, 0.15) is 6.61 Å². The zero-order chi connectivity index (χ0) is 21.5. The Morgan fingerprint density at radius 3 is 2.30 bits per heavy atom. The second-order valence-corrected chi connectivity index (χ2v) is 7.33. The van der Waals surface area contributed by atoms with Crippen LogP contribution in [0.4, 0.5) is 5.69 Å². The van der Waals surface area contributed by atoms with E-state index in [0.717, 1.165) is 16.8 Å². The highest BCUT2D eigenvalue weighted by molar-refractivity contribution is 6.32. The summed E-state index contributed by atoms with van der Waals surface area (Å²) in [5, 5.41) is 13.3. The summed E-state index contributed by atoms with van der Waals surface area (Å²) in [6, 6.07) is 17.6. The van der Waals surface area contributed by atoms with Crippen molar-refractivity contribution >= 4 is 34.9 Å². The third kappa shape index (κ3) is 5.81. The molecule has 0 heterocycles. The van der Waals surface area contributed by atoms with Crippen LogP contribution in [-0.4, -0.2) is 17.7 Å². The molecular weight excluding hydrogens is 425 g/mol. The molecule has 0 atom stereocenters. The molecule has 3 aromatic carbocycles. The van der Waals surface area contributed by atoms with Gasteiger partial charge in [-0.3, -0.25) is 0 Å². The number of anilines is 1.